The zero-order chi connectivity index (χ0) is 10.8. The number of hydrogen-bond donors (Lipinski definition) is 1. The number of nitrogens with zero attached hydrogens (tertiary/aromatic N) is 1. The first-order chi connectivity index (χ1) is 7.24. The molecule has 0 saturated heterocycles. The van der Waals surface area contributed by atoms with E-state index in [0.717, 1.165) is 13.0 Å². The molecule has 0 spiro atoms. The first-order valence-electron chi connectivity index (χ1n) is 5.65. The summed E-state index contributed by atoms with van der Waals surface area (Å²) in [4.78, 5) is 2.30. The maximum Gasteiger partial charge on any atom is 0.0434 e. The molecule has 1 aromatic carbocycles. The number of benzene rings is 1. The summed E-state index contributed by atoms with van der Waals surface area (Å²) in [6, 6.07) is 8.58. The third-order valence-corrected chi connectivity index (χ3v) is 3.55. The molecular formula is C13H19NO. The van der Waals surface area contributed by atoms with Crippen LogP contribution in [-0.2, 0) is 0 Å². The lowest BCUT2D eigenvalue weighted by Gasteiger charge is -2.37. The van der Waals surface area contributed by atoms with Crippen LogP contribution in [0.3, 0.4) is 0 Å². The maximum absolute atomic E-state index is 9.05. The predicted molar refractivity (Wildman–Crippen MR) is 63.3 cm³/mol. The second-order valence-corrected chi connectivity index (χ2v) is 4.50. The number of anilines is 1. The smallest absolute Gasteiger partial charge is 0.0434 e. The maximum atomic E-state index is 9.05. The fourth-order valence-electron chi connectivity index (χ4n) is 2.59. The van der Waals surface area contributed by atoms with E-state index >= 15 is 0 Å². The van der Waals surface area contributed by atoms with Gasteiger partial charge in [-0.15, -0.1) is 0 Å². The Labute approximate surface area is 91.5 Å². The van der Waals surface area contributed by atoms with E-state index in [2.05, 4.69) is 43.1 Å². The van der Waals surface area contributed by atoms with Gasteiger partial charge in [0, 0.05) is 25.9 Å². The summed E-state index contributed by atoms with van der Waals surface area (Å²) in [5.74, 6) is 1.14. The van der Waals surface area contributed by atoms with Gasteiger partial charge in [0.05, 0.1) is 0 Å². The Bertz CT molecular complexity index is 337. The van der Waals surface area contributed by atoms with E-state index in [9.17, 15) is 0 Å². The third-order valence-electron chi connectivity index (χ3n) is 3.55. The number of aliphatic hydroxyl groups excluding tert-OH is 1. The molecule has 0 amide bonds. The van der Waals surface area contributed by atoms with E-state index in [4.69, 9.17) is 5.11 Å². The fourth-order valence-corrected chi connectivity index (χ4v) is 2.59. The Morgan fingerprint density at radius 2 is 2.13 bits per heavy atom. The van der Waals surface area contributed by atoms with E-state index < -0.39 is 0 Å². The summed E-state index contributed by atoms with van der Waals surface area (Å²) in [6.07, 6.45) is 0.903. The summed E-state index contributed by atoms with van der Waals surface area (Å²) in [7, 11) is 2.13. The molecule has 2 heteroatoms. The van der Waals surface area contributed by atoms with Crippen molar-refractivity contribution in [3.63, 3.8) is 0 Å². The van der Waals surface area contributed by atoms with Gasteiger partial charge in [0.1, 0.15) is 0 Å². The Kier molecular flexibility index (Phi) is 2.96. The van der Waals surface area contributed by atoms with E-state index in [1.807, 2.05) is 0 Å². The van der Waals surface area contributed by atoms with E-state index in [1.165, 1.54) is 11.3 Å². The molecule has 0 radical (unpaired) electrons. The van der Waals surface area contributed by atoms with Gasteiger partial charge in [0.15, 0.2) is 0 Å². The number of rotatable bonds is 2. The van der Waals surface area contributed by atoms with E-state index in [-0.39, 0.29) is 0 Å². The molecule has 1 aliphatic heterocycles. The first kappa shape index (κ1) is 10.5. The van der Waals surface area contributed by atoms with Crippen LogP contribution in [0, 0.1) is 5.92 Å². The number of fused-ring (bicyclic) bond motifs is 1. The summed E-state index contributed by atoms with van der Waals surface area (Å²) in [6.45, 7) is 3.62. The Hall–Kier alpha value is -1.02. The lowest BCUT2D eigenvalue weighted by molar-refractivity contribution is 0.244. The second-order valence-electron chi connectivity index (χ2n) is 4.50. The minimum absolute atomic E-state index is 0.297. The Balaban J connectivity index is 2.31. The topological polar surface area (TPSA) is 23.5 Å². The SMILES string of the molecule is C[C@@H]1c2ccccc2N(C)C[C@@H]1CCO. The molecule has 0 aromatic heterocycles. The van der Waals surface area contributed by atoms with Gasteiger partial charge < -0.3 is 10.0 Å². The summed E-state index contributed by atoms with van der Waals surface area (Å²) in [5.41, 5.74) is 2.77. The fraction of sp³-hybridized carbons (Fsp3) is 0.538. The van der Waals surface area contributed by atoms with Crippen molar-refractivity contribution in [1.82, 2.24) is 0 Å². The standard InChI is InChI=1S/C13H19NO/c1-10-11(7-8-15)9-14(2)13-6-4-3-5-12(10)13/h3-6,10-11,15H,7-9H2,1-2H3/t10-,11-/m0/s1. The zero-order valence-corrected chi connectivity index (χ0v) is 9.48. The second kappa shape index (κ2) is 4.23. The van der Waals surface area contributed by atoms with Crippen molar-refractivity contribution >= 4 is 5.69 Å². The monoisotopic (exact) mass is 205 g/mol. The molecule has 0 bridgehead atoms. The molecule has 1 N–H and O–H groups in total. The number of hydrogen-bond acceptors (Lipinski definition) is 2. The van der Waals surface area contributed by atoms with Crippen LogP contribution in [0.25, 0.3) is 0 Å². The highest BCUT2D eigenvalue weighted by Crippen LogP contribution is 2.38. The van der Waals surface area contributed by atoms with Crippen LogP contribution in [0.1, 0.15) is 24.8 Å². The Morgan fingerprint density at radius 3 is 2.87 bits per heavy atom. The van der Waals surface area contributed by atoms with Crippen molar-refractivity contribution in [2.24, 2.45) is 5.92 Å². The van der Waals surface area contributed by atoms with E-state index in [0.29, 0.717) is 18.4 Å². The molecule has 0 aliphatic carbocycles. The molecule has 1 aliphatic rings. The first-order valence-corrected chi connectivity index (χ1v) is 5.65. The van der Waals surface area contributed by atoms with Gasteiger partial charge in [-0.2, -0.15) is 0 Å². The normalized spacial score (nSPS) is 25.1. The van der Waals surface area contributed by atoms with Crippen LogP contribution in [0.15, 0.2) is 24.3 Å². The molecule has 2 rings (SSSR count). The highest BCUT2D eigenvalue weighted by Gasteiger charge is 2.27. The lowest BCUT2D eigenvalue weighted by atomic mass is 9.81. The molecule has 82 valence electrons. The molecule has 15 heavy (non-hydrogen) atoms. The predicted octanol–water partition coefficient (Wildman–Crippen LogP) is 2.24. The number of aliphatic hydroxyl groups is 1. The van der Waals surface area contributed by atoms with Gasteiger partial charge in [-0.25, -0.2) is 0 Å². The van der Waals surface area contributed by atoms with Crippen LogP contribution in [0.4, 0.5) is 5.69 Å². The van der Waals surface area contributed by atoms with Gasteiger partial charge in [0.25, 0.3) is 0 Å². The molecule has 2 nitrogen and oxygen atoms in total. The van der Waals surface area contributed by atoms with Gasteiger partial charge in [-0.1, -0.05) is 25.1 Å². The minimum Gasteiger partial charge on any atom is -0.396 e. The molecule has 1 aromatic rings. The van der Waals surface area contributed by atoms with Gasteiger partial charge in [-0.05, 0) is 29.9 Å². The van der Waals surface area contributed by atoms with E-state index in [1.54, 1.807) is 0 Å². The van der Waals surface area contributed by atoms with Crippen molar-refractivity contribution in [1.29, 1.82) is 0 Å². The van der Waals surface area contributed by atoms with Crippen LogP contribution in [0.2, 0.25) is 0 Å². The van der Waals surface area contributed by atoms with Gasteiger partial charge in [-0.3, -0.25) is 0 Å². The van der Waals surface area contributed by atoms with Crippen LogP contribution in [-0.4, -0.2) is 25.3 Å². The lowest BCUT2D eigenvalue weighted by Crippen LogP contribution is -2.34. The Morgan fingerprint density at radius 1 is 1.40 bits per heavy atom. The average Bonchev–Trinajstić information content (AvgIpc) is 2.26. The molecule has 0 unspecified atom stereocenters. The van der Waals surface area contributed by atoms with Crippen molar-refractivity contribution < 1.29 is 5.11 Å². The van der Waals surface area contributed by atoms with Crippen molar-refractivity contribution in [2.45, 2.75) is 19.3 Å². The number of para-hydroxylation sites is 1. The minimum atomic E-state index is 0.297. The quantitative estimate of drug-likeness (QED) is 0.800. The van der Waals surface area contributed by atoms with Gasteiger partial charge >= 0.3 is 0 Å². The van der Waals surface area contributed by atoms with Gasteiger partial charge in [0.2, 0.25) is 0 Å². The largest absolute Gasteiger partial charge is 0.396 e. The zero-order valence-electron chi connectivity index (χ0n) is 9.48. The molecule has 0 fully saturated rings. The molecule has 0 saturated carbocycles. The average molecular weight is 205 g/mol. The van der Waals surface area contributed by atoms with Crippen molar-refractivity contribution in [3.05, 3.63) is 29.8 Å². The van der Waals surface area contributed by atoms with Crippen LogP contribution < -0.4 is 4.90 Å². The highest BCUT2D eigenvalue weighted by atomic mass is 16.3. The summed E-state index contributed by atoms with van der Waals surface area (Å²) in [5, 5.41) is 9.05. The summed E-state index contributed by atoms with van der Waals surface area (Å²) < 4.78 is 0. The van der Waals surface area contributed by atoms with Crippen molar-refractivity contribution in [2.75, 3.05) is 25.1 Å². The highest BCUT2D eigenvalue weighted by molar-refractivity contribution is 5.56. The molecule has 1 heterocycles. The molecule has 2 atom stereocenters. The van der Waals surface area contributed by atoms with Crippen LogP contribution >= 0.6 is 0 Å². The van der Waals surface area contributed by atoms with Crippen LogP contribution in [0.5, 0.6) is 0 Å². The summed E-state index contributed by atoms with van der Waals surface area (Å²) >= 11 is 0. The van der Waals surface area contributed by atoms with Crippen molar-refractivity contribution in [3.8, 4) is 0 Å². The third kappa shape index (κ3) is 1.86. The molecular weight excluding hydrogens is 186 g/mol.